The predicted molar refractivity (Wildman–Crippen MR) is 127 cm³/mol. The average molecular weight is 453 g/mol. The normalized spacial score (nSPS) is 13.1. The van der Waals surface area contributed by atoms with Gasteiger partial charge in [0.25, 0.3) is 0 Å². The van der Waals surface area contributed by atoms with Gasteiger partial charge in [-0.15, -0.1) is 0 Å². The molecule has 7 heteroatoms. The molecule has 1 amide bonds. The van der Waals surface area contributed by atoms with Crippen LogP contribution in [0.25, 0.3) is 0 Å². The van der Waals surface area contributed by atoms with Crippen molar-refractivity contribution in [3.05, 3.63) is 95.6 Å². The number of sulfonamides is 1. The Morgan fingerprint density at radius 2 is 1.47 bits per heavy atom. The summed E-state index contributed by atoms with van der Waals surface area (Å²) >= 11 is 0. The highest BCUT2D eigenvalue weighted by atomic mass is 32.2. The van der Waals surface area contributed by atoms with Gasteiger partial charge in [-0.2, -0.15) is 0 Å². The van der Waals surface area contributed by atoms with Gasteiger partial charge >= 0.3 is 0 Å². The quantitative estimate of drug-likeness (QED) is 0.559. The zero-order valence-electron chi connectivity index (χ0n) is 18.6. The fourth-order valence-corrected chi connectivity index (χ4v) is 4.74. The lowest BCUT2D eigenvalue weighted by Crippen LogP contribution is -2.48. The number of amides is 1. The molecule has 0 fully saturated rings. The van der Waals surface area contributed by atoms with Crippen LogP contribution in [0.1, 0.15) is 29.7 Å². The van der Waals surface area contributed by atoms with Gasteiger partial charge in [0, 0.05) is 0 Å². The van der Waals surface area contributed by atoms with E-state index in [1.807, 2.05) is 61.5 Å². The van der Waals surface area contributed by atoms with Gasteiger partial charge in [0.2, 0.25) is 15.9 Å². The van der Waals surface area contributed by atoms with E-state index in [-0.39, 0.29) is 0 Å². The summed E-state index contributed by atoms with van der Waals surface area (Å²) in [5.74, 6) is 0.198. The zero-order valence-corrected chi connectivity index (χ0v) is 19.5. The Kier molecular flexibility index (Phi) is 7.20. The summed E-state index contributed by atoms with van der Waals surface area (Å²) in [5, 5.41) is 3.04. The van der Waals surface area contributed by atoms with Crippen molar-refractivity contribution in [1.29, 1.82) is 0 Å². The summed E-state index contributed by atoms with van der Waals surface area (Å²) in [6.45, 7) is 3.58. The van der Waals surface area contributed by atoms with E-state index < -0.39 is 28.0 Å². The van der Waals surface area contributed by atoms with Crippen LogP contribution in [0, 0.1) is 6.92 Å². The second-order valence-corrected chi connectivity index (χ2v) is 9.56. The van der Waals surface area contributed by atoms with E-state index >= 15 is 0 Å². The highest BCUT2D eigenvalue weighted by Gasteiger charge is 2.31. The second kappa shape index (κ2) is 9.87. The number of carbonyl (C=O) groups is 1. The Morgan fingerprint density at radius 3 is 2.00 bits per heavy atom. The first-order valence-electron chi connectivity index (χ1n) is 10.3. The maximum absolute atomic E-state index is 13.3. The van der Waals surface area contributed by atoms with E-state index in [4.69, 9.17) is 4.74 Å². The van der Waals surface area contributed by atoms with Crippen LogP contribution < -0.4 is 14.4 Å². The van der Waals surface area contributed by atoms with Gasteiger partial charge in [-0.1, -0.05) is 60.2 Å². The topological polar surface area (TPSA) is 75.7 Å². The number of hydrogen-bond donors (Lipinski definition) is 1. The molecule has 0 radical (unpaired) electrons. The number of nitrogens with zero attached hydrogens (tertiary/aromatic N) is 1. The molecule has 0 aliphatic rings. The number of carbonyl (C=O) groups excluding carboxylic acids is 1. The van der Waals surface area contributed by atoms with Crippen molar-refractivity contribution in [1.82, 2.24) is 5.32 Å². The van der Waals surface area contributed by atoms with Crippen molar-refractivity contribution in [3.8, 4) is 5.75 Å². The van der Waals surface area contributed by atoms with Crippen molar-refractivity contribution < 1.29 is 17.9 Å². The van der Waals surface area contributed by atoms with Crippen LogP contribution in [0.15, 0.2) is 78.9 Å². The van der Waals surface area contributed by atoms with Crippen LogP contribution in [-0.4, -0.2) is 33.7 Å². The highest BCUT2D eigenvalue weighted by Crippen LogP contribution is 2.26. The van der Waals surface area contributed by atoms with E-state index in [2.05, 4.69) is 5.32 Å². The molecule has 0 bridgehead atoms. The van der Waals surface area contributed by atoms with E-state index in [1.165, 1.54) is 7.11 Å². The fourth-order valence-electron chi connectivity index (χ4n) is 3.56. The number of aryl methyl sites for hydroxylation is 1. The number of anilines is 1. The van der Waals surface area contributed by atoms with Crippen LogP contribution in [0.2, 0.25) is 0 Å². The van der Waals surface area contributed by atoms with Gasteiger partial charge in [0.15, 0.2) is 0 Å². The predicted octanol–water partition coefficient (Wildman–Crippen LogP) is 4.06. The Morgan fingerprint density at radius 1 is 0.906 bits per heavy atom. The third-order valence-corrected chi connectivity index (χ3v) is 6.49. The summed E-state index contributed by atoms with van der Waals surface area (Å²) in [6.07, 6.45) is 1.09. The fraction of sp³-hybridized carbons (Fsp3) is 0.240. The monoisotopic (exact) mass is 452 g/mol. The molecule has 0 spiro atoms. The van der Waals surface area contributed by atoms with Crippen LogP contribution >= 0.6 is 0 Å². The maximum atomic E-state index is 13.3. The molecule has 0 saturated carbocycles. The van der Waals surface area contributed by atoms with E-state index in [0.29, 0.717) is 11.4 Å². The van der Waals surface area contributed by atoms with Crippen molar-refractivity contribution in [2.24, 2.45) is 0 Å². The van der Waals surface area contributed by atoms with Gasteiger partial charge < -0.3 is 10.1 Å². The van der Waals surface area contributed by atoms with Gasteiger partial charge in [-0.25, -0.2) is 8.42 Å². The largest absolute Gasteiger partial charge is 0.497 e. The van der Waals surface area contributed by atoms with Crippen molar-refractivity contribution in [3.63, 3.8) is 0 Å². The molecule has 3 aromatic carbocycles. The number of rotatable bonds is 8. The Hall–Kier alpha value is -3.32. The molecule has 0 aliphatic heterocycles. The maximum Gasteiger partial charge on any atom is 0.244 e. The molecule has 0 aliphatic carbocycles. The minimum atomic E-state index is -3.72. The summed E-state index contributed by atoms with van der Waals surface area (Å²) < 4.78 is 31.5. The third kappa shape index (κ3) is 5.48. The van der Waals surface area contributed by atoms with Crippen LogP contribution in [-0.2, 0) is 14.8 Å². The molecular formula is C25H28N2O4S. The number of benzene rings is 3. The molecule has 0 aromatic heterocycles. The van der Waals surface area contributed by atoms with E-state index in [1.54, 1.807) is 31.2 Å². The SMILES string of the molecule is COc1ccc(N([C@H](C)C(=O)N[C@@H](c2ccccc2)c2ccc(C)cc2)S(C)(=O)=O)cc1. The first-order valence-corrected chi connectivity index (χ1v) is 12.1. The molecule has 32 heavy (non-hydrogen) atoms. The molecule has 0 unspecified atom stereocenters. The average Bonchev–Trinajstić information content (AvgIpc) is 2.78. The highest BCUT2D eigenvalue weighted by molar-refractivity contribution is 7.92. The molecule has 3 rings (SSSR count). The van der Waals surface area contributed by atoms with E-state index in [0.717, 1.165) is 27.3 Å². The molecule has 3 aromatic rings. The molecule has 1 N–H and O–H groups in total. The van der Waals surface area contributed by atoms with Crippen molar-refractivity contribution in [2.75, 3.05) is 17.7 Å². The molecule has 6 nitrogen and oxygen atoms in total. The first-order chi connectivity index (χ1) is 15.2. The first kappa shape index (κ1) is 23.3. The third-order valence-electron chi connectivity index (χ3n) is 5.25. The van der Waals surface area contributed by atoms with Crippen molar-refractivity contribution >= 4 is 21.6 Å². The van der Waals surface area contributed by atoms with Crippen LogP contribution in [0.5, 0.6) is 5.75 Å². The zero-order chi connectivity index (χ0) is 23.3. The Bertz CT molecular complexity index is 1140. The Balaban J connectivity index is 1.93. The molecular weight excluding hydrogens is 424 g/mol. The summed E-state index contributed by atoms with van der Waals surface area (Å²) in [7, 11) is -2.18. The number of nitrogens with one attached hydrogen (secondary N) is 1. The van der Waals surface area contributed by atoms with Gasteiger partial charge in [0.1, 0.15) is 11.8 Å². The molecule has 0 saturated heterocycles. The second-order valence-electron chi connectivity index (χ2n) is 7.70. The summed E-state index contributed by atoms with van der Waals surface area (Å²) in [4.78, 5) is 13.3. The van der Waals surface area contributed by atoms with Crippen LogP contribution in [0.4, 0.5) is 5.69 Å². The minimum absolute atomic E-state index is 0.391. The standard InChI is InChI=1S/C25H28N2O4S/c1-18-10-12-21(13-11-18)24(20-8-6-5-7-9-20)26-25(28)19(2)27(32(4,29)30)22-14-16-23(31-3)17-15-22/h5-17,19,24H,1-4H3,(H,26,28)/t19-,24+/m1/s1. The lowest BCUT2D eigenvalue weighted by Gasteiger charge is -2.30. The Labute approximate surface area is 189 Å². The number of hydrogen-bond acceptors (Lipinski definition) is 4. The summed E-state index contributed by atoms with van der Waals surface area (Å²) in [5.41, 5.74) is 3.33. The molecule has 168 valence electrons. The van der Waals surface area contributed by atoms with Crippen LogP contribution in [0.3, 0.4) is 0 Å². The lowest BCUT2D eigenvalue weighted by atomic mass is 9.97. The molecule has 0 heterocycles. The van der Waals surface area contributed by atoms with Gasteiger partial charge in [-0.05, 0) is 49.2 Å². The minimum Gasteiger partial charge on any atom is -0.497 e. The lowest BCUT2D eigenvalue weighted by molar-refractivity contribution is -0.122. The van der Waals surface area contributed by atoms with Gasteiger partial charge in [-0.3, -0.25) is 9.10 Å². The molecule has 2 atom stereocenters. The van der Waals surface area contributed by atoms with Crippen molar-refractivity contribution in [2.45, 2.75) is 25.9 Å². The smallest absolute Gasteiger partial charge is 0.244 e. The summed E-state index contributed by atoms with van der Waals surface area (Å²) in [6, 6.07) is 22.7. The van der Waals surface area contributed by atoms with Gasteiger partial charge in [0.05, 0.1) is 25.1 Å². The number of methoxy groups -OCH3 is 1. The van der Waals surface area contributed by atoms with E-state index in [9.17, 15) is 13.2 Å². The number of ether oxygens (including phenoxy) is 1.